The number of piperazine rings is 1. The minimum atomic E-state index is 0.207. The summed E-state index contributed by atoms with van der Waals surface area (Å²) >= 11 is 0. The fourth-order valence-electron chi connectivity index (χ4n) is 3.24. The van der Waals surface area contributed by atoms with Crippen LogP contribution in [-0.2, 0) is 9.53 Å². The fraction of sp³-hybridized carbons (Fsp3) is 0.938. The van der Waals surface area contributed by atoms with Gasteiger partial charge in [-0.25, -0.2) is 0 Å². The van der Waals surface area contributed by atoms with Gasteiger partial charge in [0.05, 0.1) is 19.8 Å². The van der Waals surface area contributed by atoms with Crippen LogP contribution in [0.15, 0.2) is 0 Å². The normalized spacial score (nSPS) is 28.7. The van der Waals surface area contributed by atoms with Gasteiger partial charge in [0.1, 0.15) is 0 Å². The molecule has 3 rings (SSSR count). The van der Waals surface area contributed by atoms with Crippen LogP contribution in [0.3, 0.4) is 0 Å². The van der Waals surface area contributed by atoms with E-state index in [9.17, 15) is 4.79 Å². The summed E-state index contributed by atoms with van der Waals surface area (Å²) in [6, 6.07) is 1.02. The summed E-state index contributed by atoms with van der Waals surface area (Å²) in [6.45, 7) is 12.1. The van der Waals surface area contributed by atoms with E-state index in [1.54, 1.807) is 0 Å². The van der Waals surface area contributed by atoms with Crippen LogP contribution in [0.1, 0.15) is 19.8 Å². The molecule has 0 radical (unpaired) electrons. The maximum Gasteiger partial charge on any atom is 0.234 e. The molecule has 3 aliphatic rings. The van der Waals surface area contributed by atoms with Gasteiger partial charge >= 0.3 is 0 Å². The highest BCUT2D eigenvalue weighted by Gasteiger charge is 2.25. The van der Waals surface area contributed by atoms with E-state index in [1.807, 2.05) is 0 Å². The molecule has 1 amide bonds. The molecule has 1 aliphatic carbocycles. The predicted molar refractivity (Wildman–Crippen MR) is 85.9 cm³/mol. The van der Waals surface area contributed by atoms with Crippen LogP contribution in [0.25, 0.3) is 0 Å². The van der Waals surface area contributed by atoms with Crippen LogP contribution in [0.4, 0.5) is 0 Å². The second kappa shape index (κ2) is 7.73. The lowest BCUT2D eigenvalue weighted by molar-refractivity contribution is -0.122. The molecule has 1 atom stereocenters. The van der Waals surface area contributed by atoms with Gasteiger partial charge < -0.3 is 10.1 Å². The van der Waals surface area contributed by atoms with Crippen molar-refractivity contribution in [2.45, 2.75) is 31.8 Å². The van der Waals surface area contributed by atoms with Crippen LogP contribution in [-0.4, -0.2) is 98.3 Å². The van der Waals surface area contributed by atoms with Crippen molar-refractivity contribution in [1.82, 2.24) is 20.0 Å². The molecule has 2 aliphatic heterocycles. The topological polar surface area (TPSA) is 48.1 Å². The molecule has 0 unspecified atom stereocenters. The lowest BCUT2D eigenvalue weighted by Crippen LogP contribution is -2.52. The van der Waals surface area contributed by atoms with Crippen molar-refractivity contribution in [3.8, 4) is 0 Å². The van der Waals surface area contributed by atoms with Gasteiger partial charge in [-0.2, -0.15) is 0 Å². The first-order valence-electron chi connectivity index (χ1n) is 8.76. The Kier molecular flexibility index (Phi) is 5.68. The summed E-state index contributed by atoms with van der Waals surface area (Å²) in [7, 11) is 0. The maximum absolute atomic E-state index is 11.8. The number of morpholine rings is 1. The molecule has 126 valence electrons. The molecule has 0 aromatic rings. The van der Waals surface area contributed by atoms with E-state index in [2.05, 4.69) is 26.9 Å². The molecular formula is C16H30N4O2. The third kappa shape index (κ3) is 4.91. The molecule has 2 heterocycles. The van der Waals surface area contributed by atoms with Crippen LogP contribution in [0.5, 0.6) is 0 Å². The molecule has 1 saturated carbocycles. The van der Waals surface area contributed by atoms with Gasteiger partial charge in [-0.15, -0.1) is 0 Å². The van der Waals surface area contributed by atoms with Gasteiger partial charge in [-0.05, 0) is 19.8 Å². The number of rotatable bonds is 6. The Morgan fingerprint density at radius 3 is 2.50 bits per heavy atom. The van der Waals surface area contributed by atoms with E-state index in [0.717, 1.165) is 59.0 Å². The van der Waals surface area contributed by atoms with E-state index in [4.69, 9.17) is 4.74 Å². The molecule has 0 bridgehead atoms. The first-order chi connectivity index (χ1) is 10.7. The first-order valence-corrected chi connectivity index (χ1v) is 8.76. The summed E-state index contributed by atoms with van der Waals surface area (Å²) in [5, 5.41) is 3.07. The van der Waals surface area contributed by atoms with Crippen LogP contribution in [0.2, 0.25) is 0 Å². The van der Waals surface area contributed by atoms with E-state index in [1.165, 1.54) is 12.8 Å². The maximum atomic E-state index is 11.8. The zero-order valence-corrected chi connectivity index (χ0v) is 13.8. The predicted octanol–water partition coefficient (Wildman–Crippen LogP) is -0.397. The average molecular weight is 310 g/mol. The second-order valence-corrected chi connectivity index (χ2v) is 6.92. The third-order valence-corrected chi connectivity index (χ3v) is 4.98. The van der Waals surface area contributed by atoms with Gasteiger partial charge in [-0.3, -0.25) is 19.5 Å². The molecule has 0 aromatic heterocycles. The SMILES string of the molecule is C[C@H]1COCCN1CCN1CCN(CC(=O)NC2CC2)CC1. The van der Waals surface area contributed by atoms with Crippen molar-refractivity contribution in [3.63, 3.8) is 0 Å². The fourth-order valence-corrected chi connectivity index (χ4v) is 3.24. The number of hydrogen-bond acceptors (Lipinski definition) is 5. The summed E-state index contributed by atoms with van der Waals surface area (Å²) in [6.07, 6.45) is 2.33. The largest absolute Gasteiger partial charge is 0.379 e. The standard InChI is InChI=1S/C16H30N4O2/c1-14-13-22-11-10-20(14)9-8-18-4-6-19(7-5-18)12-16(21)17-15-2-3-15/h14-15H,2-13H2,1H3,(H,17,21)/t14-/m0/s1. The Morgan fingerprint density at radius 1 is 1.09 bits per heavy atom. The van der Waals surface area contributed by atoms with E-state index in [0.29, 0.717) is 18.6 Å². The highest BCUT2D eigenvalue weighted by atomic mass is 16.5. The minimum Gasteiger partial charge on any atom is -0.379 e. The van der Waals surface area contributed by atoms with Crippen molar-refractivity contribution in [2.24, 2.45) is 0 Å². The van der Waals surface area contributed by atoms with Crippen molar-refractivity contribution >= 4 is 5.91 Å². The smallest absolute Gasteiger partial charge is 0.234 e. The summed E-state index contributed by atoms with van der Waals surface area (Å²) in [5.41, 5.74) is 0. The number of nitrogens with zero attached hydrogens (tertiary/aromatic N) is 3. The molecule has 2 saturated heterocycles. The summed E-state index contributed by atoms with van der Waals surface area (Å²) in [4.78, 5) is 19.2. The number of ether oxygens (including phenoxy) is 1. The Bertz CT molecular complexity index is 367. The Hall–Kier alpha value is -0.690. The molecule has 6 nitrogen and oxygen atoms in total. The summed E-state index contributed by atoms with van der Waals surface area (Å²) in [5.74, 6) is 0.207. The molecule has 22 heavy (non-hydrogen) atoms. The quantitative estimate of drug-likeness (QED) is 0.724. The van der Waals surface area contributed by atoms with Crippen LogP contribution >= 0.6 is 0 Å². The van der Waals surface area contributed by atoms with E-state index < -0.39 is 0 Å². The van der Waals surface area contributed by atoms with E-state index in [-0.39, 0.29) is 5.91 Å². The monoisotopic (exact) mass is 310 g/mol. The van der Waals surface area contributed by atoms with Crippen molar-refractivity contribution in [1.29, 1.82) is 0 Å². The molecule has 0 spiro atoms. The lowest BCUT2D eigenvalue weighted by Gasteiger charge is -2.38. The molecular weight excluding hydrogens is 280 g/mol. The van der Waals surface area contributed by atoms with Gasteiger partial charge in [0.2, 0.25) is 5.91 Å². The molecule has 1 N–H and O–H groups in total. The molecule has 6 heteroatoms. The van der Waals surface area contributed by atoms with Gasteiger partial charge in [0, 0.05) is 57.9 Å². The third-order valence-electron chi connectivity index (χ3n) is 4.98. The molecule has 3 fully saturated rings. The zero-order chi connectivity index (χ0) is 15.4. The number of nitrogens with one attached hydrogen (secondary N) is 1. The number of hydrogen-bond donors (Lipinski definition) is 1. The van der Waals surface area contributed by atoms with Crippen LogP contribution in [0, 0.1) is 0 Å². The number of amides is 1. The number of carbonyl (C=O) groups excluding carboxylic acids is 1. The van der Waals surface area contributed by atoms with Gasteiger partial charge in [0.25, 0.3) is 0 Å². The Balaban J connectivity index is 1.30. The van der Waals surface area contributed by atoms with Crippen molar-refractivity contribution in [2.75, 3.05) is 65.6 Å². The first kappa shape index (κ1) is 16.2. The number of carbonyl (C=O) groups is 1. The minimum absolute atomic E-state index is 0.207. The Morgan fingerprint density at radius 2 is 1.82 bits per heavy atom. The summed E-state index contributed by atoms with van der Waals surface area (Å²) < 4.78 is 5.49. The van der Waals surface area contributed by atoms with Crippen LogP contribution < -0.4 is 5.32 Å². The van der Waals surface area contributed by atoms with Crippen molar-refractivity contribution < 1.29 is 9.53 Å². The van der Waals surface area contributed by atoms with Crippen molar-refractivity contribution in [3.05, 3.63) is 0 Å². The Labute approximate surface area is 133 Å². The zero-order valence-electron chi connectivity index (χ0n) is 13.8. The van der Waals surface area contributed by atoms with Gasteiger partial charge in [-0.1, -0.05) is 0 Å². The average Bonchev–Trinajstić information content (AvgIpc) is 3.32. The van der Waals surface area contributed by atoms with E-state index >= 15 is 0 Å². The second-order valence-electron chi connectivity index (χ2n) is 6.92. The highest BCUT2D eigenvalue weighted by Crippen LogP contribution is 2.18. The highest BCUT2D eigenvalue weighted by molar-refractivity contribution is 5.78. The molecule has 0 aromatic carbocycles. The van der Waals surface area contributed by atoms with Gasteiger partial charge in [0.15, 0.2) is 0 Å². The lowest BCUT2D eigenvalue weighted by atomic mass is 10.2.